The Bertz CT molecular complexity index is 784. The van der Waals surface area contributed by atoms with Crippen LogP contribution in [0.3, 0.4) is 0 Å². The molecule has 0 unspecified atom stereocenters. The molecule has 0 aliphatic heterocycles. The highest BCUT2D eigenvalue weighted by Gasteiger charge is 2.20. The molecule has 2 rings (SSSR count). The van der Waals surface area contributed by atoms with Crippen molar-refractivity contribution in [3.05, 3.63) is 28.2 Å². The van der Waals surface area contributed by atoms with Gasteiger partial charge in [0.25, 0.3) is 0 Å². The fraction of sp³-hybridized carbons (Fsp3) is 0.500. The number of nitrogens with two attached hydrogens (primary N) is 1. The summed E-state index contributed by atoms with van der Waals surface area (Å²) in [7, 11) is 0. The molecular weight excluding hydrogens is 405 g/mol. The summed E-state index contributed by atoms with van der Waals surface area (Å²) >= 11 is 13.4. The molecule has 0 saturated heterocycles. The Morgan fingerprint density at radius 1 is 1.19 bits per heavy atom. The number of carbonyl (C=O) groups is 1. The lowest BCUT2D eigenvalue weighted by Gasteiger charge is -2.26. The van der Waals surface area contributed by atoms with Crippen LogP contribution in [0.4, 0.5) is 0 Å². The molecule has 0 atom stereocenters. The van der Waals surface area contributed by atoms with Crippen molar-refractivity contribution in [3.63, 3.8) is 0 Å². The standard InChI is InChI=1S/C18H25Cl2N5OS/c1-11(2)8-24(9-12(3)4)16(26)10-27-18-23-22-17(25(18)21)14-6-5-13(19)7-15(14)20/h5-7,11-12H,8-10,21H2,1-4H3. The van der Waals surface area contributed by atoms with Crippen LogP contribution in [-0.2, 0) is 4.79 Å². The van der Waals surface area contributed by atoms with E-state index < -0.39 is 0 Å². The third-order valence-corrected chi connectivity index (χ3v) is 5.16. The maximum Gasteiger partial charge on any atom is 0.233 e. The van der Waals surface area contributed by atoms with Crippen LogP contribution in [0.5, 0.6) is 0 Å². The highest BCUT2D eigenvalue weighted by Crippen LogP contribution is 2.30. The van der Waals surface area contributed by atoms with Gasteiger partial charge in [0.1, 0.15) is 0 Å². The van der Waals surface area contributed by atoms with Crippen molar-refractivity contribution in [2.75, 3.05) is 24.7 Å². The first-order valence-electron chi connectivity index (χ1n) is 8.75. The number of nitrogens with zero attached hydrogens (tertiary/aromatic N) is 4. The molecule has 0 spiro atoms. The average Bonchev–Trinajstić information content (AvgIpc) is 2.92. The zero-order valence-electron chi connectivity index (χ0n) is 15.9. The van der Waals surface area contributed by atoms with Gasteiger partial charge < -0.3 is 10.7 Å². The van der Waals surface area contributed by atoms with Crippen LogP contribution in [0.2, 0.25) is 10.0 Å². The van der Waals surface area contributed by atoms with Gasteiger partial charge in [-0.1, -0.05) is 62.7 Å². The minimum atomic E-state index is 0.0662. The molecule has 2 aromatic rings. The lowest BCUT2D eigenvalue weighted by molar-refractivity contribution is -0.129. The van der Waals surface area contributed by atoms with E-state index in [9.17, 15) is 4.79 Å². The van der Waals surface area contributed by atoms with Crippen molar-refractivity contribution in [1.29, 1.82) is 0 Å². The second-order valence-corrected chi connectivity index (χ2v) is 8.96. The number of nitrogen functional groups attached to an aromatic ring is 1. The molecule has 0 saturated carbocycles. The van der Waals surface area contributed by atoms with Crippen LogP contribution in [0.25, 0.3) is 11.4 Å². The smallest absolute Gasteiger partial charge is 0.233 e. The van der Waals surface area contributed by atoms with Gasteiger partial charge in [-0.3, -0.25) is 4.79 Å². The van der Waals surface area contributed by atoms with E-state index in [1.54, 1.807) is 18.2 Å². The van der Waals surface area contributed by atoms with E-state index in [2.05, 4.69) is 37.9 Å². The van der Waals surface area contributed by atoms with Crippen LogP contribution >= 0.6 is 35.0 Å². The van der Waals surface area contributed by atoms with Gasteiger partial charge in [-0.25, -0.2) is 4.68 Å². The van der Waals surface area contributed by atoms with E-state index in [0.29, 0.717) is 38.4 Å². The molecule has 2 N–H and O–H groups in total. The lowest BCUT2D eigenvalue weighted by Crippen LogP contribution is -2.38. The van der Waals surface area contributed by atoms with E-state index in [0.717, 1.165) is 13.1 Å². The Kier molecular flexibility index (Phi) is 7.82. The summed E-state index contributed by atoms with van der Waals surface area (Å²) in [6, 6.07) is 5.08. The number of benzene rings is 1. The molecule has 1 amide bonds. The van der Waals surface area contributed by atoms with Crippen molar-refractivity contribution in [2.24, 2.45) is 11.8 Å². The third-order valence-electron chi connectivity index (χ3n) is 3.69. The number of carbonyl (C=O) groups excluding carboxylic acids is 1. The quantitative estimate of drug-likeness (QED) is 0.502. The van der Waals surface area contributed by atoms with Gasteiger partial charge in [0, 0.05) is 23.7 Å². The maximum atomic E-state index is 12.6. The molecule has 27 heavy (non-hydrogen) atoms. The number of aromatic nitrogens is 3. The fourth-order valence-corrected chi connectivity index (χ4v) is 3.86. The molecule has 1 heterocycles. The Labute approximate surface area is 174 Å². The molecule has 148 valence electrons. The molecule has 0 aliphatic rings. The number of rotatable bonds is 8. The summed E-state index contributed by atoms with van der Waals surface area (Å²) in [5, 5.41) is 9.63. The molecule has 0 bridgehead atoms. The predicted octanol–water partition coefficient (Wildman–Crippen LogP) is 4.20. The van der Waals surface area contributed by atoms with E-state index in [-0.39, 0.29) is 11.7 Å². The van der Waals surface area contributed by atoms with Gasteiger partial charge in [0.2, 0.25) is 11.1 Å². The van der Waals surface area contributed by atoms with Crippen molar-refractivity contribution in [1.82, 2.24) is 19.8 Å². The van der Waals surface area contributed by atoms with E-state index in [1.165, 1.54) is 16.4 Å². The van der Waals surface area contributed by atoms with Crippen molar-refractivity contribution in [3.8, 4) is 11.4 Å². The minimum absolute atomic E-state index is 0.0662. The number of halogens is 2. The number of thioether (sulfide) groups is 1. The fourth-order valence-electron chi connectivity index (χ4n) is 2.61. The normalized spacial score (nSPS) is 11.4. The SMILES string of the molecule is CC(C)CN(CC(C)C)C(=O)CSc1nnc(-c2ccc(Cl)cc2Cl)n1N. The van der Waals surface area contributed by atoms with Crippen LogP contribution in [0.1, 0.15) is 27.7 Å². The Hall–Kier alpha value is -1.44. The molecule has 0 aliphatic carbocycles. The maximum absolute atomic E-state index is 12.6. The Morgan fingerprint density at radius 2 is 1.81 bits per heavy atom. The van der Waals surface area contributed by atoms with Gasteiger partial charge in [-0.05, 0) is 30.0 Å². The van der Waals surface area contributed by atoms with E-state index in [4.69, 9.17) is 29.0 Å². The number of hydrogen-bond acceptors (Lipinski definition) is 5. The topological polar surface area (TPSA) is 77.0 Å². The van der Waals surface area contributed by atoms with Gasteiger partial charge in [0.05, 0.1) is 10.8 Å². The highest BCUT2D eigenvalue weighted by atomic mass is 35.5. The molecule has 1 aromatic heterocycles. The summed E-state index contributed by atoms with van der Waals surface area (Å²) in [5.41, 5.74) is 0.635. The van der Waals surface area contributed by atoms with Gasteiger partial charge >= 0.3 is 0 Å². The second-order valence-electron chi connectivity index (χ2n) is 7.18. The molecular formula is C18H25Cl2N5OS. The van der Waals surface area contributed by atoms with Crippen molar-refractivity contribution in [2.45, 2.75) is 32.9 Å². The zero-order valence-corrected chi connectivity index (χ0v) is 18.3. The summed E-state index contributed by atoms with van der Waals surface area (Å²) in [6.45, 7) is 9.88. The van der Waals surface area contributed by atoms with Crippen LogP contribution in [0, 0.1) is 11.8 Å². The van der Waals surface area contributed by atoms with Gasteiger partial charge in [-0.2, -0.15) is 0 Å². The molecule has 9 heteroatoms. The summed E-state index contributed by atoms with van der Waals surface area (Å²) < 4.78 is 1.35. The minimum Gasteiger partial charge on any atom is -0.341 e. The van der Waals surface area contributed by atoms with Gasteiger partial charge in [0.15, 0.2) is 5.82 Å². The van der Waals surface area contributed by atoms with Gasteiger partial charge in [-0.15, -0.1) is 10.2 Å². The monoisotopic (exact) mass is 429 g/mol. The number of hydrogen-bond donors (Lipinski definition) is 1. The van der Waals surface area contributed by atoms with Crippen LogP contribution in [-0.4, -0.2) is 44.5 Å². The van der Waals surface area contributed by atoms with Crippen LogP contribution in [0.15, 0.2) is 23.4 Å². The van der Waals surface area contributed by atoms with Crippen molar-refractivity contribution >= 4 is 40.9 Å². The Morgan fingerprint density at radius 3 is 2.37 bits per heavy atom. The average molecular weight is 430 g/mol. The van der Waals surface area contributed by atoms with E-state index >= 15 is 0 Å². The molecule has 6 nitrogen and oxygen atoms in total. The lowest BCUT2D eigenvalue weighted by atomic mass is 10.1. The highest BCUT2D eigenvalue weighted by molar-refractivity contribution is 7.99. The first-order chi connectivity index (χ1) is 12.7. The molecule has 0 fully saturated rings. The molecule has 1 aromatic carbocycles. The molecule has 0 radical (unpaired) electrons. The third kappa shape index (κ3) is 6.02. The van der Waals surface area contributed by atoms with Crippen molar-refractivity contribution < 1.29 is 4.79 Å². The predicted molar refractivity (Wildman–Crippen MR) is 113 cm³/mol. The van der Waals surface area contributed by atoms with E-state index in [1.807, 2.05) is 4.90 Å². The Balaban J connectivity index is 2.10. The summed E-state index contributed by atoms with van der Waals surface area (Å²) in [4.78, 5) is 14.5. The number of amides is 1. The summed E-state index contributed by atoms with van der Waals surface area (Å²) in [6.07, 6.45) is 0. The largest absolute Gasteiger partial charge is 0.341 e. The first kappa shape index (κ1) is 21.9. The summed E-state index contributed by atoms with van der Waals surface area (Å²) in [5.74, 6) is 7.69. The zero-order chi connectivity index (χ0) is 20.1. The second kappa shape index (κ2) is 9.66. The van der Waals surface area contributed by atoms with Crippen LogP contribution < -0.4 is 5.84 Å². The first-order valence-corrected chi connectivity index (χ1v) is 10.5.